The number of hydrogen-bond acceptors (Lipinski definition) is 2. The lowest BCUT2D eigenvalue weighted by atomic mass is 9.95. The molecule has 2 unspecified atom stereocenters. The average molecular weight is 226 g/mol. The van der Waals surface area contributed by atoms with Crippen LogP contribution in [0, 0.1) is 23.7 Å². The Morgan fingerprint density at radius 2 is 0.938 bits per heavy atom. The van der Waals surface area contributed by atoms with Crippen LogP contribution in [0.15, 0.2) is 10.2 Å². The molecule has 0 saturated heterocycles. The number of azo groups is 1. The number of hydrogen-bond donors (Lipinski definition) is 0. The second-order valence-electron chi connectivity index (χ2n) is 5.75. The molecular weight excluding hydrogens is 196 g/mol. The van der Waals surface area contributed by atoms with E-state index in [4.69, 9.17) is 0 Å². The predicted molar refractivity (Wildman–Crippen MR) is 71.8 cm³/mol. The molecule has 0 radical (unpaired) electrons. The second-order valence-corrected chi connectivity index (χ2v) is 5.75. The minimum atomic E-state index is 0.758. The van der Waals surface area contributed by atoms with Gasteiger partial charge in [0, 0.05) is 0 Å². The van der Waals surface area contributed by atoms with E-state index < -0.39 is 0 Å². The minimum Gasteiger partial charge on any atom is -0.194 e. The van der Waals surface area contributed by atoms with Crippen molar-refractivity contribution in [1.82, 2.24) is 0 Å². The fourth-order valence-electron chi connectivity index (χ4n) is 1.33. The predicted octanol–water partition coefficient (Wildman–Crippen LogP) is 4.80. The lowest BCUT2D eigenvalue weighted by Gasteiger charge is -2.13. The van der Waals surface area contributed by atoms with Crippen molar-refractivity contribution in [2.45, 2.75) is 54.4 Å². The van der Waals surface area contributed by atoms with Crippen molar-refractivity contribution in [2.75, 3.05) is 13.1 Å². The highest BCUT2D eigenvalue weighted by molar-refractivity contribution is 4.60. The summed E-state index contributed by atoms with van der Waals surface area (Å²) in [5, 5.41) is 8.50. The van der Waals surface area contributed by atoms with Crippen LogP contribution in [0.3, 0.4) is 0 Å². The molecule has 0 aliphatic heterocycles. The first kappa shape index (κ1) is 15.6. The molecular formula is C14H30N2. The summed E-state index contributed by atoms with van der Waals surface area (Å²) >= 11 is 0. The van der Waals surface area contributed by atoms with Gasteiger partial charge in [0.1, 0.15) is 0 Å². The molecule has 2 atom stereocenters. The van der Waals surface area contributed by atoms with E-state index >= 15 is 0 Å². The summed E-state index contributed by atoms with van der Waals surface area (Å²) in [6.45, 7) is 15.5. The number of nitrogens with zero attached hydrogens (tertiary/aromatic N) is 2. The lowest BCUT2D eigenvalue weighted by Crippen LogP contribution is -2.06. The van der Waals surface area contributed by atoms with Crippen molar-refractivity contribution in [1.29, 1.82) is 0 Å². The second kappa shape index (κ2) is 8.72. The Kier molecular flexibility index (Phi) is 8.50. The van der Waals surface area contributed by atoms with Gasteiger partial charge in [0.25, 0.3) is 0 Å². The van der Waals surface area contributed by atoms with Crippen molar-refractivity contribution in [3.8, 4) is 0 Å². The van der Waals surface area contributed by atoms with Crippen LogP contribution in [0.1, 0.15) is 54.4 Å². The highest BCUT2D eigenvalue weighted by Crippen LogP contribution is 2.15. The van der Waals surface area contributed by atoms with Crippen LogP contribution >= 0.6 is 0 Å². The van der Waals surface area contributed by atoms with Gasteiger partial charge in [0.15, 0.2) is 0 Å². The maximum absolute atomic E-state index is 4.25. The van der Waals surface area contributed by atoms with Gasteiger partial charge in [-0.25, -0.2) is 0 Å². The summed E-state index contributed by atoms with van der Waals surface area (Å²) in [5.74, 6) is 3.04. The van der Waals surface area contributed by atoms with E-state index in [2.05, 4.69) is 51.8 Å². The first-order valence-corrected chi connectivity index (χ1v) is 6.78. The van der Waals surface area contributed by atoms with E-state index in [0.29, 0.717) is 0 Å². The van der Waals surface area contributed by atoms with Crippen LogP contribution in [0.2, 0.25) is 0 Å². The van der Waals surface area contributed by atoms with Crippen molar-refractivity contribution < 1.29 is 0 Å². The van der Waals surface area contributed by atoms with Crippen LogP contribution in [0.25, 0.3) is 0 Å². The highest BCUT2D eigenvalue weighted by atomic mass is 15.1. The van der Waals surface area contributed by atoms with Crippen LogP contribution in [-0.4, -0.2) is 13.1 Å². The quantitative estimate of drug-likeness (QED) is 0.531. The molecule has 0 bridgehead atoms. The largest absolute Gasteiger partial charge is 0.194 e. The van der Waals surface area contributed by atoms with E-state index in [0.717, 1.165) is 36.8 Å². The van der Waals surface area contributed by atoms with E-state index in [9.17, 15) is 0 Å². The van der Waals surface area contributed by atoms with Gasteiger partial charge in [-0.3, -0.25) is 0 Å². The smallest absolute Gasteiger partial charge is 0.0601 e. The Morgan fingerprint density at radius 1 is 0.625 bits per heavy atom. The number of rotatable bonds is 8. The van der Waals surface area contributed by atoms with Crippen molar-refractivity contribution >= 4 is 0 Å². The third-order valence-electron chi connectivity index (χ3n) is 3.75. The molecule has 0 aromatic carbocycles. The van der Waals surface area contributed by atoms with Gasteiger partial charge in [-0.15, -0.1) is 0 Å². The Balaban J connectivity index is 3.49. The highest BCUT2D eigenvalue weighted by Gasteiger charge is 2.06. The monoisotopic (exact) mass is 226 g/mol. The zero-order chi connectivity index (χ0) is 12.6. The zero-order valence-corrected chi connectivity index (χ0v) is 12.0. The Bertz CT molecular complexity index is 165. The van der Waals surface area contributed by atoms with Gasteiger partial charge in [0.05, 0.1) is 13.1 Å². The first-order chi connectivity index (χ1) is 7.45. The van der Waals surface area contributed by atoms with Gasteiger partial charge >= 0.3 is 0 Å². The Hall–Kier alpha value is -0.400. The topological polar surface area (TPSA) is 24.7 Å². The fraction of sp³-hybridized carbons (Fsp3) is 1.00. The van der Waals surface area contributed by atoms with E-state index in [-0.39, 0.29) is 0 Å². The maximum Gasteiger partial charge on any atom is 0.0601 e. The summed E-state index contributed by atoms with van der Waals surface area (Å²) < 4.78 is 0. The van der Waals surface area contributed by atoms with Crippen molar-refractivity contribution in [2.24, 2.45) is 33.9 Å². The zero-order valence-electron chi connectivity index (χ0n) is 12.0. The van der Waals surface area contributed by atoms with Gasteiger partial charge in [-0.05, 0) is 36.5 Å². The first-order valence-electron chi connectivity index (χ1n) is 6.78. The summed E-state index contributed by atoms with van der Waals surface area (Å²) in [6, 6.07) is 0. The van der Waals surface area contributed by atoms with Crippen molar-refractivity contribution in [3.05, 3.63) is 0 Å². The minimum absolute atomic E-state index is 0.758. The molecule has 0 aromatic heterocycles. The molecule has 96 valence electrons. The molecule has 0 aliphatic rings. The van der Waals surface area contributed by atoms with E-state index in [1.54, 1.807) is 0 Å². The third-order valence-corrected chi connectivity index (χ3v) is 3.75. The molecule has 0 saturated carbocycles. The Labute approximate surface area is 102 Å². The third kappa shape index (κ3) is 7.84. The molecule has 2 heteroatoms. The normalized spacial score (nSPS) is 16.2. The van der Waals surface area contributed by atoms with E-state index in [1.807, 2.05) is 0 Å². The molecule has 0 amide bonds. The van der Waals surface area contributed by atoms with Crippen LogP contribution in [-0.2, 0) is 0 Å². The fourth-order valence-corrected chi connectivity index (χ4v) is 1.33. The van der Waals surface area contributed by atoms with Crippen LogP contribution in [0.5, 0.6) is 0 Å². The summed E-state index contributed by atoms with van der Waals surface area (Å²) in [6.07, 6.45) is 2.34. The van der Waals surface area contributed by atoms with Gasteiger partial charge in [-0.2, -0.15) is 10.2 Å². The van der Waals surface area contributed by atoms with Crippen LogP contribution < -0.4 is 0 Å². The van der Waals surface area contributed by atoms with Gasteiger partial charge in [0.2, 0.25) is 0 Å². The molecule has 0 rings (SSSR count). The molecule has 0 spiro atoms. The molecule has 2 nitrogen and oxygen atoms in total. The van der Waals surface area contributed by atoms with Crippen molar-refractivity contribution in [3.63, 3.8) is 0 Å². The van der Waals surface area contributed by atoms with Gasteiger partial charge in [-0.1, -0.05) is 41.5 Å². The summed E-state index contributed by atoms with van der Waals surface area (Å²) in [5.41, 5.74) is 0. The molecule has 0 aliphatic carbocycles. The lowest BCUT2D eigenvalue weighted by molar-refractivity contribution is 0.387. The molecule has 0 N–H and O–H groups in total. The maximum atomic E-state index is 4.25. The molecule has 0 fully saturated rings. The standard InChI is InChI=1S/C14H30N2/c1-11(2)13(5)7-9-15-16-10-8-14(6)12(3)4/h11-14H,7-10H2,1-6H3. The Morgan fingerprint density at radius 3 is 1.19 bits per heavy atom. The summed E-state index contributed by atoms with van der Waals surface area (Å²) in [4.78, 5) is 0. The van der Waals surface area contributed by atoms with E-state index in [1.165, 1.54) is 12.8 Å². The summed E-state index contributed by atoms with van der Waals surface area (Å²) in [7, 11) is 0. The average Bonchev–Trinajstić information content (AvgIpc) is 2.21. The molecule has 0 heterocycles. The molecule has 16 heavy (non-hydrogen) atoms. The SMILES string of the molecule is CC(C)C(C)CCN=NCCC(C)C(C)C. The van der Waals surface area contributed by atoms with Crippen LogP contribution in [0.4, 0.5) is 0 Å². The van der Waals surface area contributed by atoms with Gasteiger partial charge < -0.3 is 0 Å². The molecule has 0 aromatic rings.